The Hall–Kier alpha value is -1.96. The first kappa shape index (κ1) is 20.4. The summed E-state index contributed by atoms with van der Waals surface area (Å²) >= 11 is 0. The Morgan fingerprint density at radius 3 is 2.65 bits per heavy atom. The van der Waals surface area contributed by atoms with E-state index in [2.05, 4.69) is 16.4 Å². The van der Waals surface area contributed by atoms with E-state index < -0.39 is 5.60 Å². The molecule has 5 nitrogen and oxygen atoms in total. The Labute approximate surface area is 172 Å². The number of hydrogen-bond donors (Lipinski definition) is 2. The van der Waals surface area contributed by atoms with E-state index in [9.17, 15) is 0 Å². The van der Waals surface area contributed by atoms with E-state index in [0.717, 1.165) is 23.5 Å². The summed E-state index contributed by atoms with van der Waals surface area (Å²) in [6, 6.07) is 17.9. The zero-order chi connectivity index (χ0) is 17.7. The lowest BCUT2D eigenvalue weighted by atomic mass is 10.0. The number of nitrogens with zero attached hydrogens (tertiary/aromatic N) is 1. The van der Waals surface area contributed by atoms with Gasteiger partial charge in [-0.25, -0.2) is 4.99 Å². The SMILES string of the molecule is CC(C)(CN=C(N)NC1CCOc2ccccc21)Oc1ccccc1.I. The van der Waals surface area contributed by atoms with Crippen LogP contribution in [0.2, 0.25) is 0 Å². The highest BCUT2D eigenvalue weighted by Gasteiger charge is 2.22. The van der Waals surface area contributed by atoms with Crippen LogP contribution in [0.25, 0.3) is 0 Å². The number of nitrogens with two attached hydrogens (primary N) is 1. The van der Waals surface area contributed by atoms with Crippen LogP contribution >= 0.6 is 24.0 Å². The van der Waals surface area contributed by atoms with E-state index in [1.165, 1.54) is 0 Å². The number of fused-ring (bicyclic) bond motifs is 1. The van der Waals surface area contributed by atoms with E-state index in [1.807, 2.05) is 62.4 Å². The standard InChI is InChI=1S/C20H25N3O2.HI/c1-20(2,25-15-8-4-3-5-9-15)14-22-19(21)23-17-12-13-24-18-11-7-6-10-16(17)18;/h3-11,17H,12-14H2,1-2H3,(H3,21,22,23);1H. The highest BCUT2D eigenvalue weighted by Crippen LogP contribution is 2.31. The van der Waals surface area contributed by atoms with E-state index in [1.54, 1.807) is 0 Å². The van der Waals surface area contributed by atoms with Crippen molar-refractivity contribution in [2.24, 2.45) is 10.7 Å². The molecule has 0 aliphatic carbocycles. The third-order valence-electron chi connectivity index (χ3n) is 4.05. The van der Waals surface area contributed by atoms with Crippen molar-refractivity contribution in [2.75, 3.05) is 13.2 Å². The second kappa shape index (κ2) is 9.12. The predicted molar refractivity (Wildman–Crippen MR) is 115 cm³/mol. The van der Waals surface area contributed by atoms with E-state index >= 15 is 0 Å². The maximum atomic E-state index is 6.10. The van der Waals surface area contributed by atoms with Crippen molar-refractivity contribution in [2.45, 2.75) is 31.9 Å². The Kier molecular flexibility index (Phi) is 7.14. The highest BCUT2D eigenvalue weighted by atomic mass is 127. The van der Waals surface area contributed by atoms with Crippen LogP contribution in [0.4, 0.5) is 0 Å². The third-order valence-corrected chi connectivity index (χ3v) is 4.05. The molecule has 140 valence electrons. The fraction of sp³-hybridized carbons (Fsp3) is 0.350. The van der Waals surface area contributed by atoms with Gasteiger partial charge in [0.25, 0.3) is 0 Å². The Morgan fingerprint density at radius 1 is 1.19 bits per heavy atom. The molecule has 1 heterocycles. The summed E-state index contributed by atoms with van der Waals surface area (Å²) in [5, 5.41) is 3.30. The van der Waals surface area contributed by atoms with Gasteiger partial charge < -0.3 is 20.5 Å². The van der Waals surface area contributed by atoms with Crippen molar-refractivity contribution < 1.29 is 9.47 Å². The number of rotatable bonds is 5. The Balaban J connectivity index is 0.00000243. The zero-order valence-corrected chi connectivity index (χ0v) is 17.5. The van der Waals surface area contributed by atoms with E-state index in [0.29, 0.717) is 19.1 Å². The molecule has 2 aromatic rings. The predicted octanol–water partition coefficient (Wildman–Crippen LogP) is 3.89. The maximum absolute atomic E-state index is 6.10. The molecule has 0 fully saturated rings. The van der Waals surface area contributed by atoms with E-state index in [-0.39, 0.29) is 30.0 Å². The fourth-order valence-corrected chi connectivity index (χ4v) is 2.83. The van der Waals surface area contributed by atoms with Gasteiger partial charge in [-0.2, -0.15) is 0 Å². The molecule has 0 spiro atoms. The first-order chi connectivity index (χ1) is 12.0. The molecule has 26 heavy (non-hydrogen) atoms. The van der Waals surface area contributed by atoms with Crippen LogP contribution in [0, 0.1) is 0 Å². The minimum Gasteiger partial charge on any atom is -0.493 e. The summed E-state index contributed by atoms with van der Waals surface area (Å²) in [4.78, 5) is 4.48. The average molecular weight is 467 g/mol. The first-order valence-corrected chi connectivity index (χ1v) is 8.56. The number of hydrogen-bond acceptors (Lipinski definition) is 3. The minimum atomic E-state index is -0.443. The molecule has 0 amide bonds. The summed E-state index contributed by atoms with van der Waals surface area (Å²) in [7, 11) is 0. The molecular formula is C20H26IN3O2. The quantitative estimate of drug-likeness (QED) is 0.398. The number of ether oxygens (including phenoxy) is 2. The minimum absolute atomic E-state index is 0. The van der Waals surface area contributed by atoms with Crippen molar-refractivity contribution in [3.05, 3.63) is 60.2 Å². The lowest BCUT2D eigenvalue weighted by Crippen LogP contribution is -2.39. The normalized spacial score (nSPS) is 16.7. The van der Waals surface area contributed by atoms with Crippen molar-refractivity contribution in [3.63, 3.8) is 0 Å². The maximum Gasteiger partial charge on any atom is 0.189 e. The van der Waals surface area contributed by atoms with E-state index in [4.69, 9.17) is 15.2 Å². The van der Waals surface area contributed by atoms with Gasteiger partial charge in [0.2, 0.25) is 0 Å². The molecule has 6 heteroatoms. The lowest BCUT2D eigenvalue weighted by molar-refractivity contribution is 0.119. The van der Waals surface area contributed by atoms with Crippen molar-refractivity contribution in [1.82, 2.24) is 5.32 Å². The molecule has 0 saturated heterocycles. The van der Waals surface area contributed by atoms with Crippen molar-refractivity contribution >= 4 is 29.9 Å². The number of nitrogens with one attached hydrogen (secondary N) is 1. The third kappa shape index (κ3) is 5.52. The average Bonchev–Trinajstić information content (AvgIpc) is 2.61. The summed E-state index contributed by atoms with van der Waals surface area (Å²) in [5.74, 6) is 2.16. The van der Waals surface area contributed by atoms with Crippen LogP contribution in [0.15, 0.2) is 59.6 Å². The summed E-state index contributed by atoms with van der Waals surface area (Å²) in [6.45, 7) is 5.14. The molecule has 0 bridgehead atoms. The number of aliphatic imine (C=N–C) groups is 1. The van der Waals surface area contributed by atoms with Gasteiger partial charge in [0.1, 0.15) is 17.1 Å². The molecule has 3 rings (SSSR count). The molecule has 1 unspecified atom stereocenters. The summed E-state index contributed by atoms with van der Waals surface area (Å²) in [6.07, 6.45) is 0.858. The van der Waals surface area contributed by atoms with Gasteiger partial charge in [0, 0.05) is 12.0 Å². The Morgan fingerprint density at radius 2 is 1.88 bits per heavy atom. The van der Waals surface area contributed by atoms with Crippen LogP contribution in [-0.4, -0.2) is 24.7 Å². The Bertz CT molecular complexity index is 735. The van der Waals surface area contributed by atoms with Crippen molar-refractivity contribution in [1.29, 1.82) is 0 Å². The summed E-state index contributed by atoms with van der Waals surface area (Å²) < 4.78 is 11.7. The van der Waals surface area contributed by atoms with Gasteiger partial charge in [-0.05, 0) is 32.0 Å². The molecule has 0 radical (unpaired) electrons. The molecule has 0 aromatic heterocycles. The largest absolute Gasteiger partial charge is 0.493 e. The smallest absolute Gasteiger partial charge is 0.189 e. The van der Waals surface area contributed by atoms with Gasteiger partial charge in [0.15, 0.2) is 5.96 Å². The van der Waals surface area contributed by atoms with Crippen LogP contribution < -0.4 is 20.5 Å². The molecule has 1 atom stereocenters. The monoisotopic (exact) mass is 467 g/mol. The van der Waals surface area contributed by atoms with Crippen LogP contribution in [0.1, 0.15) is 31.9 Å². The molecule has 1 aliphatic heterocycles. The number of para-hydroxylation sites is 2. The zero-order valence-electron chi connectivity index (χ0n) is 15.1. The number of guanidine groups is 1. The second-order valence-electron chi connectivity index (χ2n) is 6.75. The molecule has 3 N–H and O–H groups in total. The number of benzene rings is 2. The first-order valence-electron chi connectivity index (χ1n) is 8.56. The van der Waals surface area contributed by atoms with Gasteiger partial charge in [-0.1, -0.05) is 36.4 Å². The molecule has 1 aliphatic rings. The molecule has 0 saturated carbocycles. The highest BCUT2D eigenvalue weighted by molar-refractivity contribution is 14.0. The topological polar surface area (TPSA) is 68.9 Å². The molecule has 2 aromatic carbocycles. The fourth-order valence-electron chi connectivity index (χ4n) is 2.83. The van der Waals surface area contributed by atoms with Gasteiger partial charge >= 0.3 is 0 Å². The van der Waals surface area contributed by atoms with Gasteiger partial charge in [-0.3, -0.25) is 0 Å². The second-order valence-corrected chi connectivity index (χ2v) is 6.75. The van der Waals surface area contributed by atoms with Crippen LogP contribution in [0.5, 0.6) is 11.5 Å². The van der Waals surface area contributed by atoms with Crippen LogP contribution in [0.3, 0.4) is 0 Å². The summed E-state index contributed by atoms with van der Waals surface area (Å²) in [5.41, 5.74) is 6.78. The van der Waals surface area contributed by atoms with Gasteiger partial charge in [-0.15, -0.1) is 24.0 Å². The van der Waals surface area contributed by atoms with Crippen molar-refractivity contribution in [3.8, 4) is 11.5 Å². The van der Waals surface area contributed by atoms with Gasteiger partial charge in [0.05, 0.1) is 19.2 Å². The molecular weight excluding hydrogens is 441 g/mol. The van der Waals surface area contributed by atoms with Crippen LogP contribution in [-0.2, 0) is 0 Å². The lowest BCUT2D eigenvalue weighted by Gasteiger charge is -2.28. The number of halogens is 1.